The molecule has 2 rings (SSSR count). The van der Waals surface area contributed by atoms with Crippen molar-refractivity contribution in [2.75, 3.05) is 49.3 Å². The van der Waals surface area contributed by atoms with Gasteiger partial charge in [0.15, 0.2) is 0 Å². The Morgan fingerprint density at radius 2 is 1.96 bits per heavy atom. The summed E-state index contributed by atoms with van der Waals surface area (Å²) in [5, 5.41) is 2.86. The molecule has 0 aliphatic carbocycles. The lowest BCUT2D eigenvalue weighted by Crippen LogP contribution is -2.43. The van der Waals surface area contributed by atoms with Crippen LogP contribution in [0.1, 0.15) is 20.3 Å². The number of ether oxygens (including phenoxy) is 1. The van der Waals surface area contributed by atoms with Crippen LogP contribution in [-0.4, -0.2) is 63.8 Å². The van der Waals surface area contributed by atoms with Crippen molar-refractivity contribution >= 4 is 27.3 Å². The van der Waals surface area contributed by atoms with Gasteiger partial charge in [0.2, 0.25) is 15.9 Å². The number of carbonyl (C=O) groups excluding carboxylic acids is 1. The molecule has 0 radical (unpaired) electrons. The first-order chi connectivity index (χ1) is 11.8. The van der Waals surface area contributed by atoms with Crippen LogP contribution in [0.3, 0.4) is 0 Å². The van der Waals surface area contributed by atoms with Gasteiger partial charge < -0.3 is 15.0 Å². The molecule has 1 aromatic carbocycles. The second-order valence-electron chi connectivity index (χ2n) is 6.23. The first kappa shape index (κ1) is 19.7. The standard InChI is InChI=1S/C17H27N3O4S/c1-4-14(2)20(25(3,22)23)13-17(21)18-15-7-5-6-8-16(15)19-9-11-24-12-10-19/h5-8,14H,4,9-13H2,1-3H3,(H,18,21). The highest BCUT2D eigenvalue weighted by Gasteiger charge is 2.25. The van der Waals surface area contributed by atoms with Crippen molar-refractivity contribution in [3.8, 4) is 0 Å². The van der Waals surface area contributed by atoms with Gasteiger partial charge in [0.1, 0.15) is 0 Å². The molecule has 7 nitrogen and oxygen atoms in total. The molecule has 25 heavy (non-hydrogen) atoms. The van der Waals surface area contributed by atoms with Gasteiger partial charge >= 0.3 is 0 Å². The van der Waals surface area contributed by atoms with Crippen LogP contribution in [-0.2, 0) is 19.6 Å². The SMILES string of the molecule is CCC(C)N(CC(=O)Nc1ccccc1N1CCOCC1)S(C)(=O)=O. The first-order valence-corrected chi connectivity index (χ1v) is 10.4. The number of benzene rings is 1. The third-order valence-corrected chi connectivity index (χ3v) is 5.68. The van der Waals surface area contributed by atoms with Crippen LogP contribution < -0.4 is 10.2 Å². The summed E-state index contributed by atoms with van der Waals surface area (Å²) < 4.78 is 30.5. The zero-order chi connectivity index (χ0) is 18.4. The Labute approximate surface area is 150 Å². The molecule has 0 aromatic heterocycles. The van der Waals surface area contributed by atoms with Crippen molar-refractivity contribution in [2.45, 2.75) is 26.3 Å². The minimum atomic E-state index is -3.45. The fraction of sp³-hybridized carbons (Fsp3) is 0.588. The molecule has 0 saturated carbocycles. The quantitative estimate of drug-likeness (QED) is 0.788. The van der Waals surface area contributed by atoms with E-state index in [1.165, 1.54) is 4.31 Å². The van der Waals surface area contributed by atoms with Crippen molar-refractivity contribution in [3.05, 3.63) is 24.3 Å². The van der Waals surface area contributed by atoms with Crippen LogP contribution >= 0.6 is 0 Å². The molecule has 140 valence electrons. The Morgan fingerprint density at radius 1 is 1.32 bits per heavy atom. The van der Waals surface area contributed by atoms with Gasteiger partial charge in [0, 0.05) is 19.1 Å². The van der Waals surface area contributed by atoms with E-state index < -0.39 is 10.0 Å². The molecule has 1 unspecified atom stereocenters. The van der Waals surface area contributed by atoms with Gasteiger partial charge in [-0.3, -0.25) is 4.79 Å². The van der Waals surface area contributed by atoms with E-state index in [1.54, 1.807) is 6.92 Å². The summed E-state index contributed by atoms with van der Waals surface area (Å²) >= 11 is 0. The van der Waals surface area contributed by atoms with Gasteiger partial charge in [-0.05, 0) is 25.5 Å². The van der Waals surface area contributed by atoms with Gasteiger partial charge in [0.05, 0.1) is 37.4 Å². The molecule has 1 aromatic rings. The van der Waals surface area contributed by atoms with Crippen LogP contribution in [0.4, 0.5) is 11.4 Å². The van der Waals surface area contributed by atoms with E-state index in [0.717, 1.165) is 25.0 Å². The average molecular weight is 369 g/mol. The molecule has 1 fully saturated rings. The van der Waals surface area contributed by atoms with Crippen molar-refractivity contribution < 1.29 is 17.9 Å². The normalized spacial score (nSPS) is 16.7. The third-order valence-electron chi connectivity index (χ3n) is 4.34. The largest absolute Gasteiger partial charge is 0.378 e. The number of nitrogens with zero attached hydrogens (tertiary/aromatic N) is 2. The van der Waals surface area contributed by atoms with Gasteiger partial charge in [-0.25, -0.2) is 8.42 Å². The highest BCUT2D eigenvalue weighted by atomic mass is 32.2. The molecular weight excluding hydrogens is 342 g/mol. The number of rotatable bonds is 7. The zero-order valence-electron chi connectivity index (χ0n) is 15.1. The van der Waals surface area contributed by atoms with Gasteiger partial charge in [-0.1, -0.05) is 19.1 Å². The van der Waals surface area contributed by atoms with E-state index >= 15 is 0 Å². The van der Waals surface area contributed by atoms with E-state index in [1.807, 2.05) is 31.2 Å². The second kappa shape index (κ2) is 8.64. The number of hydrogen-bond acceptors (Lipinski definition) is 5. The summed E-state index contributed by atoms with van der Waals surface area (Å²) in [6.45, 7) is 6.33. The van der Waals surface area contributed by atoms with E-state index in [-0.39, 0.29) is 18.5 Å². The van der Waals surface area contributed by atoms with Gasteiger partial charge in [0.25, 0.3) is 0 Å². The van der Waals surface area contributed by atoms with Crippen molar-refractivity contribution in [3.63, 3.8) is 0 Å². The third kappa shape index (κ3) is 5.42. The number of sulfonamides is 1. The number of amides is 1. The number of morpholine rings is 1. The van der Waals surface area contributed by atoms with Gasteiger partial charge in [-0.15, -0.1) is 0 Å². The van der Waals surface area contributed by atoms with Gasteiger partial charge in [-0.2, -0.15) is 4.31 Å². The minimum Gasteiger partial charge on any atom is -0.378 e. The van der Waals surface area contributed by atoms with Crippen LogP contribution in [0.25, 0.3) is 0 Å². The Balaban J connectivity index is 2.12. The highest BCUT2D eigenvalue weighted by Crippen LogP contribution is 2.26. The topological polar surface area (TPSA) is 79.0 Å². The Morgan fingerprint density at radius 3 is 2.56 bits per heavy atom. The minimum absolute atomic E-state index is 0.189. The molecule has 1 aliphatic heterocycles. The van der Waals surface area contributed by atoms with E-state index in [4.69, 9.17) is 4.74 Å². The predicted octanol–water partition coefficient (Wildman–Crippen LogP) is 1.52. The molecule has 0 bridgehead atoms. The number of para-hydroxylation sites is 2. The number of anilines is 2. The molecule has 1 amide bonds. The van der Waals surface area contributed by atoms with Crippen LogP contribution in [0, 0.1) is 0 Å². The lowest BCUT2D eigenvalue weighted by Gasteiger charge is -2.31. The molecule has 1 N–H and O–H groups in total. The highest BCUT2D eigenvalue weighted by molar-refractivity contribution is 7.88. The lowest BCUT2D eigenvalue weighted by molar-refractivity contribution is -0.116. The second-order valence-corrected chi connectivity index (χ2v) is 8.17. The van der Waals surface area contributed by atoms with Crippen molar-refractivity contribution in [1.29, 1.82) is 0 Å². The maximum absolute atomic E-state index is 12.5. The summed E-state index contributed by atoms with van der Waals surface area (Å²) in [7, 11) is -3.45. The molecule has 8 heteroatoms. The summed E-state index contributed by atoms with van der Waals surface area (Å²) in [4.78, 5) is 14.6. The average Bonchev–Trinajstić information content (AvgIpc) is 2.59. The smallest absolute Gasteiger partial charge is 0.239 e. The maximum atomic E-state index is 12.5. The van der Waals surface area contributed by atoms with Crippen molar-refractivity contribution in [1.82, 2.24) is 4.31 Å². The fourth-order valence-corrected chi connectivity index (χ4v) is 3.95. The Hall–Kier alpha value is -1.64. The van der Waals surface area contributed by atoms with E-state index in [0.29, 0.717) is 25.3 Å². The van der Waals surface area contributed by atoms with Crippen LogP contribution in [0.15, 0.2) is 24.3 Å². The summed E-state index contributed by atoms with van der Waals surface area (Å²) in [5.41, 5.74) is 1.61. The fourth-order valence-electron chi connectivity index (χ4n) is 2.79. The van der Waals surface area contributed by atoms with Crippen LogP contribution in [0.5, 0.6) is 0 Å². The molecule has 0 spiro atoms. The first-order valence-electron chi connectivity index (χ1n) is 8.51. The summed E-state index contributed by atoms with van der Waals surface area (Å²) in [6, 6.07) is 7.32. The molecule has 1 heterocycles. The number of carbonyl (C=O) groups is 1. The molecule has 1 saturated heterocycles. The monoisotopic (exact) mass is 369 g/mol. The maximum Gasteiger partial charge on any atom is 0.239 e. The van der Waals surface area contributed by atoms with Crippen molar-refractivity contribution in [2.24, 2.45) is 0 Å². The number of hydrogen-bond donors (Lipinski definition) is 1. The summed E-state index contributed by atoms with van der Waals surface area (Å²) in [6.07, 6.45) is 1.78. The predicted molar refractivity (Wildman–Crippen MR) is 99.4 cm³/mol. The Bertz CT molecular complexity index is 687. The molecule has 1 aliphatic rings. The van der Waals surface area contributed by atoms with Crippen LogP contribution in [0.2, 0.25) is 0 Å². The lowest BCUT2D eigenvalue weighted by atomic mass is 10.2. The zero-order valence-corrected chi connectivity index (χ0v) is 15.9. The summed E-state index contributed by atoms with van der Waals surface area (Å²) in [5.74, 6) is -0.341. The number of nitrogens with one attached hydrogen (secondary N) is 1. The Kier molecular flexibility index (Phi) is 6.80. The molecule has 1 atom stereocenters. The van der Waals surface area contributed by atoms with E-state index in [2.05, 4.69) is 10.2 Å². The van der Waals surface area contributed by atoms with E-state index in [9.17, 15) is 13.2 Å². The molecular formula is C17H27N3O4S.